The number of benzene rings is 1. The zero-order valence-electron chi connectivity index (χ0n) is 11.7. The predicted molar refractivity (Wildman–Crippen MR) is 78.6 cm³/mol. The van der Waals surface area contributed by atoms with Crippen molar-refractivity contribution >= 4 is 5.69 Å². The number of likely N-dealkylation sites (tertiary alicyclic amines) is 1. The first kappa shape index (κ1) is 13.4. The molecule has 1 aromatic rings. The van der Waals surface area contributed by atoms with Crippen molar-refractivity contribution in [1.82, 2.24) is 4.90 Å². The van der Waals surface area contributed by atoms with Gasteiger partial charge >= 0.3 is 0 Å². The van der Waals surface area contributed by atoms with Gasteiger partial charge in [-0.3, -0.25) is 0 Å². The molecular weight excluding hydrogens is 220 g/mol. The Morgan fingerprint density at radius 2 is 1.94 bits per heavy atom. The molecular formula is C16H26N2. The minimum Gasteiger partial charge on any atom is -0.399 e. The smallest absolute Gasteiger partial charge is 0.0314 e. The highest BCUT2D eigenvalue weighted by Crippen LogP contribution is 2.23. The summed E-state index contributed by atoms with van der Waals surface area (Å²) in [6.45, 7) is 7.28. The van der Waals surface area contributed by atoms with Gasteiger partial charge in [0.1, 0.15) is 0 Å². The fourth-order valence-electron chi connectivity index (χ4n) is 2.91. The molecule has 2 rings (SSSR count). The molecule has 1 aliphatic rings. The zero-order chi connectivity index (χ0) is 13.0. The van der Waals surface area contributed by atoms with Gasteiger partial charge in [-0.2, -0.15) is 0 Å². The Bertz CT molecular complexity index is 358. The van der Waals surface area contributed by atoms with E-state index in [2.05, 4.69) is 30.9 Å². The number of hydrogen-bond acceptors (Lipinski definition) is 2. The molecule has 2 N–H and O–H groups in total. The number of aryl methyl sites for hydroxylation is 1. The standard InChI is InChI=1S/C16H26N2/c1-13-5-3-11-18(14(13)2)12-4-6-15-7-9-16(17)10-8-15/h7-10,13-14H,3-6,11-12,17H2,1-2H3. The molecule has 1 heterocycles. The number of hydrogen-bond donors (Lipinski definition) is 1. The molecule has 0 radical (unpaired) electrons. The molecule has 1 aliphatic heterocycles. The van der Waals surface area contributed by atoms with E-state index >= 15 is 0 Å². The lowest BCUT2D eigenvalue weighted by atomic mass is 9.92. The summed E-state index contributed by atoms with van der Waals surface area (Å²) in [5.74, 6) is 0.857. The van der Waals surface area contributed by atoms with Crippen LogP contribution in [0.4, 0.5) is 5.69 Å². The Labute approximate surface area is 111 Å². The highest BCUT2D eigenvalue weighted by molar-refractivity contribution is 5.39. The van der Waals surface area contributed by atoms with Crippen molar-refractivity contribution in [3.63, 3.8) is 0 Å². The maximum absolute atomic E-state index is 5.70. The van der Waals surface area contributed by atoms with Gasteiger partial charge in [-0.25, -0.2) is 0 Å². The van der Waals surface area contributed by atoms with Crippen LogP contribution < -0.4 is 5.73 Å². The molecule has 2 heteroatoms. The van der Waals surface area contributed by atoms with E-state index in [9.17, 15) is 0 Å². The second kappa shape index (κ2) is 6.24. The molecule has 18 heavy (non-hydrogen) atoms. The van der Waals surface area contributed by atoms with Gasteiger partial charge in [0.05, 0.1) is 0 Å². The number of nitrogens with two attached hydrogens (primary N) is 1. The van der Waals surface area contributed by atoms with E-state index in [1.807, 2.05) is 12.1 Å². The third kappa shape index (κ3) is 3.49. The first-order valence-corrected chi connectivity index (χ1v) is 7.25. The zero-order valence-corrected chi connectivity index (χ0v) is 11.7. The van der Waals surface area contributed by atoms with Crippen molar-refractivity contribution < 1.29 is 0 Å². The summed E-state index contributed by atoms with van der Waals surface area (Å²) in [7, 11) is 0. The van der Waals surface area contributed by atoms with Gasteiger partial charge in [-0.15, -0.1) is 0 Å². The summed E-state index contributed by atoms with van der Waals surface area (Å²) in [5.41, 5.74) is 7.96. The molecule has 1 aromatic carbocycles. The Morgan fingerprint density at radius 3 is 2.67 bits per heavy atom. The van der Waals surface area contributed by atoms with Crippen molar-refractivity contribution in [2.24, 2.45) is 5.92 Å². The molecule has 0 saturated carbocycles. The molecule has 2 unspecified atom stereocenters. The third-order valence-electron chi connectivity index (χ3n) is 4.39. The van der Waals surface area contributed by atoms with Gasteiger partial charge in [0.25, 0.3) is 0 Å². The number of piperidine rings is 1. The van der Waals surface area contributed by atoms with Gasteiger partial charge in [0, 0.05) is 11.7 Å². The molecule has 100 valence electrons. The van der Waals surface area contributed by atoms with Crippen molar-refractivity contribution in [1.29, 1.82) is 0 Å². The van der Waals surface area contributed by atoms with Gasteiger partial charge < -0.3 is 10.6 Å². The Morgan fingerprint density at radius 1 is 1.22 bits per heavy atom. The summed E-state index contributed by atoms with van der Waals surface area (Å²) >= 11 is 0. The summed E-state index contributed by atoms with van der Waals surface area (Å²) in [6.07, 6.45) is 5.18. The fourth-order valence-corrected chi connectivity index (χ4v) is 2.91. The van der Waals surface area contributed by atoms with Crippen LogP contribution in [0.2, 0.25) is 0 Å². The SMILES string of the molecule is CC1CCCN(CCCc2ccc(N)cc2)C1C. The van der Waals surface area contributed by atoms with Gasteiger partial charge in [0.15, 0.2) is 0 Å². The average Bonchev–Trinajstić information content (AvgIpc) is 2.37. The van der Waals surface area contributed by atoms with Crippen LogP contribution >= 0.6 is 0 Å². The summed E-state index contributed by atoms with van der Waals surface area (Å²) in [6, 6.07) is 9.06. The molecule has 0 aliphatic carbocycles. The van der Waals surface area contributed by atoms with Crippen LogP contribution in [0.25, 0.3) is 0 Å². The third-order valence-corrected chi connectivity index (χ3v) is 4.39. The summed E-state index contributed by atoms with van der Waals surface area (Å²) < 4.78 is 0. The highest BCUT2D eigenvalue weighted by Gasteiger charge is 2.23. The second-order valence-electron chi connectivity index (χ2n) is 5.74. The van der Waals surface area contributed by atoms with E-state index in [-0.39, 0.29) is 0 Å². The first-order chi connectivity index (χ1) is 8.66. The van der Waals surface area contributed by atoms with Gasteiger partial charge in [-0.05, 0) is 69.3 Å². The fraction of sp³-hybridized carbons (Fsp3) is 0.625. The van der Waals surface area contributed by atoms with Crippen molar-refractivity contribution in [3.05, 3.63) is 29.8 Å². The lowest BCUT2D eigenvalue weighted by Gasteiger charge is -2.38. The molecule has 2 nitrogen and oxygen atoms in total. The summed E-state index contributed by atoms with van der Waals surface area (Å²) in [5, 5.41) is 0. The molecule has 0 amide bonds. The molecule has 0 spiro atoms. The molecule has 0 bridgehead atoms. The van der Waals surface area contributed by atoms with E-state index in [0.29, 0.717) is 0 Å². The number of nitrogen functional groups attached to an aromatic ring is 1. The summed E-state index contributed by atoms with van der Waals surface area (Å²) in [4.78, 5) is 2.66. The van der Waals surface area contributed by atoms with E-state index in [4.69, 9.17) is 5.73 Å². The van der Waals surface area contributed by atoms with E-state index in [1.165, 1.54) is 37.9 Å². The molecule has 0 aromatic heterocycles. The minimum atomic E-state index is 0.755. The van der Waals surface area contributed by atoms with Crippen LogP contribution in [-0.2, 0) is 6.42 Å². The van der Waals surface area contributed by atoms with E-state index < -0.39 is 0 Å². The molecule has 1 saturated heterocycles. The topological polar surface area (TPSA) is 29.3 Å². The minimum absolute atomic E-state index is 0.755. The van der Waals surface area contributed by atoms with Crippen LogP contribution in [0.5, 0.6) is 0 Å². The Kier molecular flexibility index (Phi) is 4.65. The maximum atomic E-state index is 5.70. The van der Waals surface area contributed by atoms with Crippen LogP contribution in [0.15, 0.2) is 24.3 Å². The van der Waals surface area contributed by atoms with Crippen molar-refractivity contribution in [2.75, 3.05) is 18.8 Å². The lowest BCUT2D eigenvalue weighted by Crippen LogP contribution is -2.42. The molecule has 1 fully saturated rings. The normalized spacial score (nSPS) is 25.2. The van der Waals surface area contributed by atoms with Crippen LogP contribution in [0.1, 0.15) is 38.7 Å². The van der Waals surface area contributed by atoms with Gasteiger partial charge in [-0.1, -0.05) is 19.1 Å². The number of nitrogens with zero attached hydrogens (tertiary/aromatic N) is 1. The number of anilines is 1. The predicted octanol–water partition coefficient (Wildman–Crippen LogP) is 3.32. The first-order valence-electron chi connectivity index (χ1n) is 7.25. The van der Waals surface area contributed by atoms with Crippen molar-refractivity contribution in [3.8, 4) is 0 Å². The molecule has 2 atom stereocenters. The number of rotatable bonds is 4. The highest BCUT2D eigenvalue weighted by atomic mass is 15.2. The van der Waals surface area contributed by atoms with Crippen LogP contribution in [0, 0.1) is 5.92 Å². The average molecular weight is 246 g/mol. The van der Waals surface area contributed by atoms with E-state index in [0.717, 1.165) is 24.1 Å². The van der Waals surface area contributed by atoms with E-state index in [1.54, 1.807) is 0 Å². The Hall–Kier alpha value is -1.02. The van der Waals surface area contributed by atoms with Crippen LogP contribution in [0.3, 0.4) is 0 Å². The monoisotopic (exact) mass is 246 g/mol. The second-order valence-corrected chi connectivity index (χ2v) is 5.74. The van der Waals surface area contributed by atoms with Crippen LogP contribution in [-0.4, -0.2) is 24.0 Å². The maximum Gasteiger partial charge on any atom is 0.0314 e. The largest absolute Gasteiger partial charge is 0.399 e. The Balaban J connectivity index is 1.76. The van der Waals surface area contributed by atoms with Crippen molar-refractivity contribution in [2.45, 2.75) is 45.6 Å². The van der Waals surface area contributed by atoms with Gasteiger partial charge in [0.2, 0.25) is 0 Å². The quantitative estimate of drug-likeness (QED) is 0.826. The lowest BCUT2D eigenvalue weighted by molar-refractivity contribution is 0.113.